The Bertz CT molecular complexity index is 1090. The summed E-state index contributed by atoms with van der Waals surface area (Å²) < 4.78 is 10.9. The summed E-state index contributed by atoms with van der Waals surface area (Å²) in [5.74, 6) is -0.0843. The lowest BCUT2D eigenvalue weighted by molar-refractivity contribution is -0.00250. The Balaban J connectivity index is 1.93. The van der Waals surface area contributed by atoms with E-state index >= 15 is 0 Å². The number of ether oxygens (including phenoxy) is 2. The summed E-state index contributed by atoms with van der Waals surface area (Å²) in [6.45, 7) is 5.64. The van der Waals surface area contributed by atoms with Crippen LogP contribution in [-0.4, -0.2) is 71.9 Å². The van der Waals surface area contributed by atoms with Gasteiger partial charge in [0.05, 0.1) is 30.3 Å². The molecule has 0 bridgehead atoms. The second kappa shape index (κ2) is 10.6. The van der Waals surface area contributed by atoms with Crippen molar-refractivity contribution in [2.45, 2.75) is 32.4 Å². The fraction of sp³-hybridized carbons (Fsp3) is 0.417. The molecule has 3 rings (SSSR count). The molecule has 10 heteroatoms. The molecule has 1 saturated heterocycles. The van der Waals surface area contributed by atoms with E-state index in [9.17, 15) is 14.7 Å². The van der Waals surface area contributed by atoms with Crippen molar-refractivity contribution < 1.29 is 24.2 Å². The Morgan fingerprint density at radius 2 is 1.74 bits per heavy atom. The zero-order valence-electron chi connectivity index (χ0n) is 19.4. The van der Waals surface area contributed by atoms with Crippen LogP contribution in [0.3, 0.4) is 0 Å². The molecule has 2 amide bonds. The fourth-order valence-corrected chi connectivity index (χ4v) is 4.37. The largest absolute Gasteiger partial charge is 0.496 e. The molecule has 1 unspecified atom stereocenters. The van der Waals surface area contributed by atoms with Gasteiger partial charge in [0, 0.05) is 46.9 Å². The number of aliphatic hydroxyl groups excluding tert-OH is 1. The van der Waals surface area contributed by atoms with Crippen molar-refractivity contribution in [2.75, 3.05) is 33.4 Å². The Labute approximate surface area is 214 Å². The lowest BCUT2D eigenvalue weighted by atomic mass is 10.0. The molecule has 0 spiro atoms. The van der Waals surface area contributed by atoms with Gasteiger partial charge in [0.1, 0.15) is 11.4 Å². The van der Waals surface area contributed by atoms with Gasteiger partial charge in [0.25, 0.3) is 5.91 Å². The van der Waals surface area contributed by atoms with Gasteiger partial charge in [-0.1, -0.05) is 34.8 Å². The smallest absolute Gasteiger partial charge is 0.410 e. The van der Waals surface area contributed by atoms with Gasteiger partial charge in [0.2, 0.25) is 0 Å². The number of piperazine rings is 1. The fourth-order valence-electron chi connectivity index (χ4n) is 3.73. The van der Waals surface area contributed by atoms with Crippen molar-refractivity contribution in [3.63, 3.8) is 0 Å². The zero-order chi connectivity index (χ0) is 25.2. The molecule has 7 nitrogen and oxygen atoms in total. The summed E-state index contributed by atoms with van der Waals surface area (Å²) in [6.07, 6.45) is -0.486. The summed E-state index contributed by atoms with van der Waals surface area (Å²) in [6, 6.07) is 7.52. The van der Waals surface area contributed by atoms with Crippen molar-refractivity contribution in [1.82, 2.24) is 9.80 Å². The molecule has 1 aliphatic heterocycles. The standard InChI is InChI=1S/C24H27Cl3N2O5/c1-24(2,3)34-23(32)28-7-8-29(15(12-28)13-30)22(31)18-10-17(20(27)11-21(18)33-4)16-9-14(25)5-6-19(16)26/h5-6,9-11,15,30H,7-8,12-13H2,1-4H3. The molecule has 2 aromatic carbocycles. The summed E-state index contributed by atoms with van der Waals surface area (Å²) in [4.78, 5) is 29.1. The molecule has 184 valence electrons. The van der Waals surface area contributed by atoms with Crippen LogP contribution in [0.4, 0.5) is 4.79 Å². The lowest BCUT2D eigenvalue weighted by Gasteiger charge is -2.41. The highest BCUT2D eigenvalue weighted by molar-refractivity contribution is 6.38. The SMILES string of the molecule is COc1cc(Cl)c(-c2cc(Cl)ccc2Cl)cc1C(=O)N1CCN(C(=O)OC(C)(C)C)CC1CO. The van der Waals surface area contributed by atoms with E-state index in [1.165, 1.54) is 16.9 Å². The maximum absolute atomic E-state index is 13.6. The molecular weight excluding hydrogens is 503 g/mol. The number of amides is 2. The first-order valence-corrected chi connectivity index (χ1v) is 11.8. The Kier molecular flexibility index (Phi) is 8.24. The number of methoxy groups -OCH3 is 1. The molecule has 34 heavy (non-hydrogen) atoms. The van der Waals surface area contributed by atoms with Crippen LogP contribution in [-0.2, 0) is 4.74 Å². The molecule has 1 aliphatic rings. The van der Waals surface area contributed by atoms with Crippen LogP contribution in [0.1, 0.15) is 31.1 Å². The lowest BCUT2D eigenvalue weighted by Crippen LogP contribution is -2.58. The van der Waals surface area contributed by atoms with Gasteiger partial charge >= 0.3 is 6.09 Å². The van der Waals surface area contributed by atoms with Crippen LogP contribution >= 0.6 is 34.8 Å². The van der Waals surface area contributed by atoms with Crippen LogP contribution in [0.15, 0.2) is 30.3 Å². The number of hydrogen-bond acceptors (Lipinski definition) is 5. The maximum Gasteiger partial charge on any atom is 0.410 e. The van der Waals surface area contributed by atoms with E-state index in [1.54, 1.807) is 51.1 Å². The normalized spacial score (nSPS) is 16.4. The highest BCUT2D eigenvalue weighted by Gasteiger charge is 2.35. The van der Waals surface area contributed by atoms with E-state index < -0.39 is 17.7 Å². The molecule has 2 aromatic rings. The summed E-state index contributed by atoms with van der Waals surface area (Å²) >= 11 is 19.0. The molecule has 1 heterocycles. The number of hydrogen-bond donors (Lipinski definition) is 1. The summed E-state index contributed by atoms with van der Waals surface area (Å²) in [5.41, 5.74) is 0.700. The first-order chi connectivity index (χ1) is 15.9. The van der Waals surface area contributed by atoms with Crippen molar-refractivity contribution >= 4 is 46.8 Å². The van der Waals surface area contributed by atoms with Crippen molar-refractivity contribution in [1.29, 1.82) is 0 Å². The molecule has 0 aliphatic carbocycles. The number of halogens is 3. The van der Waals surface area contributed by atoms with Crippen LogP contribution in [0.5, 0.6) is 5.75 Å². The summed E-state index contributed by atoms with van der Waals surface area (Å²) in [5, 5.41) is 11.2. The average Bonchev–Trinajstić information content (AvgIpc) is 2.78. The molecule has 1 fully saturated rings. The Morgan fingerprint density at radius 1 is 1.06 bits per heavy atom. The van der Waals surface area contributed by atoms with Crippen LogP contribution in [0.25, 0.3) is 11.1 Å². The number of carbonyl (C=O) groups is 2. The van der Waals surface area contributed by atoms with Gasteiger partial charge in [-0.05, 0) is 45.0 Å². The summed E-state index contributed by atoms with van der Waals surface area (Å²) in [7, 11) is 1.44. The minimum Gasteiger partial charge on any atom is -0.496 e. The van der Waals surface area contributed by atoms with Gasteiger partial charge in [-0.25, -0.2) is 4.79 Å². The van der Waals surface area contributed by atoms with Crippen LogP contribution in [0, 0.1) is 0 Å². The second-order valence-electron chi connectivity index (χ2n) is 8.92. The predicted octanol–water partition coefficient (Wildman–Crippen LogP) is 5.38. The average molecular weight is 530 g/mol. The predicted molar refractivity (Wildman–Crippen MR) is 133 cm³/mol. The van der Waals surface area contributed by atoms with Gasteiger partial charge in [-0.15, -0.1) is 0 Å². The van der Waals surface area contributed by atoms with Gasteiger partial charge in [-0.3, -0.25) is 4.79 Å². The molecule has 1 atom stereocenters. The van der Waals surface area contributed by atoms with Gasteiger partial charge < -0.3 is 24.4 Å². The van der Waals surface area contributed by atoms with Crippen molar-refractivity contribution in [3.05, 3.63) is 51.0 Å². The van der Waals surface area contributed by atoms with Crippen LogP contribution < -0.4 is 4.74 Å². The third kappa shape index (κ3) is 5.89. The van der Waals surface area contributed by atoms with E-state index in [4.69, 9.17) is 44.3 Å². The number of nitrogens with zero attached hydrogens (tertiary/aromatic N) is 2. The van der Waals surface area contributed by atoms with E-state index in [-0.39, 0.29) is 43.5 Å². The number of benzene rings is 2. The molecular formula is C24H27Cl3N2O5. The number of aliphatic hydroxyl groups is 1. The monoisotopic (exact) mass is 528 g/mol. The maximum atomic E-state index is 13.6. The van der Waals surface area contributed by atoms with Crippen LogP contribution in [0.2, 0.25) is 15.1 Å². The quantitative estimate of drug-likeness (QED) is 0.575. The Morgan fingerprint density at radius 3 is 2.35 bits per heavy atom. The number of carbonyl (C=O) groups excluding carboxylic acids is 2. The highest BCUT2D eigenvalue weighted by Crippen LogP contribution is 2.39. The molecule has 0 saturated carbocycles. The first kappa shape index (κ1) is 26.4. The highest BCUT2D eigenvalue weighted by atomic mass is 35.5. The minimum atomic E-state index is -0.645. The Hall–Kier alpha value is -2.19. The zero-order valence-corrected chi connectivity index (χ0v) is 21.7. The van der Waals surface area contributed by atoms with E-state index in [0.717, 1.165) is 0 Å². The molecule has 0 radical (unpaired) electrons. The van der Waals surface area contributed by atoms with E-state index in [0.29, 0.717) is 26.2 Å². The third-order valence-corrected chi connectivity index (χ3v) is 6.22. The van der Waals surface area contributed by atoms with Gasteiger partial charge in [0.15, 0.2) is 0 Å². The molecule has 0 aromatic heterocycles. The topological polar surface area (TPSA) is 79.3 Å². The van der Waals surface area contributed by atoms with E-state index in [2.05, 4.69) is 0 Å². The minimum absolute atomic E-state index is 0.139. The molecule has 1 N–H and O–H groups in total. The van der Waals surface area contributed by atoms with Crippen molar-refractivity contribution in [2.24, 2.45) is 0 Å². The second-order valence-corrected chi connectivity index (χ2v) is 10.2. The van der Waals surface area contributed by atoms with Gasteiger partial charge in [-0.2, -0.15) is 0 Å². The van der Waals surface area contributed by atoms with E-state index in [1.807, 2.05) is 0 Å². The first-order valence-electron chi connectivity index (χ1n) is 10.7. The third-order valence-electron chi connectivity index (χ3n) is 5.34. The number of rotatable bonds is 4. The van der Waals surface area contributed by atoms with Crippen molar-refractivity contribution in [3.8, 4) is 16.9 Å².